The number of aliphatic hydroxyl groups excluding tert-OH is 2. The smallest absolute Gasteiger partial charge is 0.276 e. The van der Waals surface area contributed by atoms with Crippen molar-refractivity contribution < 1.29 is 29.2 Å². The quantitative estimate of drug-likeness (QED) is 0.231. The third-order valence-electron chi connectivity index (χ3n) is 7.75. The van der Waals surface area contributed by atoms with Gasteiger partial charge in [-0.1, -0.05) is 54.6 Å². The Morgan fingerprint density at radius 1 is 0.857 bits per heavy atom. The second kappa shape index (κ2) is 11.4. The highest BCUT2D eigenvalue weighted by molar-refractivity contribution is 5.73. The molecule has 5 aromatic rings. The Hall–Kier alpha value is -4.48. The number of rotatable bonds is 9. The Kier molecular flexibility index (Phi) is 7.53. The maximum atomic E-state index is 12.2. The van der Waals surface area contributed by atoms with Gasteiger partial charge in [0, 0.05) is 6.20 Å². The van der Waals surface area contributed by atoms with Crippen molar-refractivity contribution in [3.8, 4) is 11.5 Å². The number of methoxy groups -OCH3 is 2. The van der Waals surface area contributed by atoms with Gasteiger partial charge in [0.1, 0.15) is 35.4 Å². The average molecular weight is 570 g/mol. The van der Waals surface area contributed by atoms with Gasteiger partial charge in [-0.2, -0.15) is 0 Å². The highest BCUT2D eigenvalue weighted by Crippen LogP contribution is 2.43. The van der Waals surface area contributed by atoms with Crippen LogP contribution in [0.2, 0.25) is 0 Å². The molecular weight excluding hydrogens is 538 g/mol. The van der Waals surface area contributed by atoms with Gasteiger partial charge < -0.3 is 38.7 Å². The number of nitrogens with one attached hydrogen (secondary N) is 1. The lowest BCUT2D eigenvalue weighted by Crippen LogP contribution is -2.39. The summed E-state index contributed by atoms with van der Waals surface area (Å²) in [6.07, 6.45) is -1.51. The molecule has 216 valence electrons. The number of benzene rings is 3. The van der Waals surface area contributed by atoms with E-state index in [-0.39, 0.29) is 17.7 Å². The number of aromatic nitrogens is 3. The molecule has 1 aliphatic rings. The molecule has 42 heavy (non-hydrogen) atoms. The van der Waals surface area contributed by atoms with Gasteiger partial charge in [-0.3, -0.25) is 4.79 Å². The first-order valence-corrected chi connectivity index (χ1v) is 13.5. The van der Waals surface area contributed by atoms with Gasteiger partial charge in [-0.25, -0.2) is 4.98 Å². The van der Waals surface area contributed by atoms with E-state index in [1.54, 1.807) is 24.9 Å². The maximum Gasteiger partial charge on any atom is 0.276 e. The molecule has 0 radical (unpaired) electrons. The summed E-state index contributed by atoms with van der Waals surface area (Å²) >= 11 is 0. The molecule has 2 aromatic heterocycles. The van der Waals surface area contributed by atoms with Crippen LogP contribution >= 0.6 is 0 Å². The fraction of sp³-hybridized carbons (Fsp3) is 0.250. The Morgan fingerprint density at radius 2 is 1.45 bits per heavy atom. The van der Waals surface area contributed by atoms with Crippen LogP contribution in [0.1, 0.15) is 22.9 Å². The van der Waals surface area contributed by atoms with Gasteiger partial charge >= 0.3 is 0 Å². The molecule has 10 nitrogen and oxygen atoms in total. The fourth-order valence-corrected chi connectivity index (χ4v) is 5.56. The van der Waals surface area contributed by atoms with E-state index in [1.165, 1.54) is 12.5 Å². The number of hydrogen-bond donors (Lipinski definition) is 3. The summed E-state index contributed by atoms with van der Waals surface area (Å²) in [6, 6.07) is 26.7. The second-order valence-electron chi connectivity index (χ2n) is 10.1. The highest BCUT2D eigenvalue weighted by atomic mass is 16.6. The van der Waals surface area contributed by atoms with Crippen LogP contribution in [0.3, 0.4) is 0 Å². The van der Waals surface area contributed by atoms with E-state index >= 15 is 0 Å². The largest absolute Gasteiger partial charge is 0.497 e. The molecule has 4 atom stereocenters. The van der Waals surface area contributed by atoms with Gasteiger partial charge in [-0.15, -0.1) is 0 Å². The van der Waals surface area contributed by atoms with Crippen molar-refractivity contribution in [3.05, 3.63) is 124 Å². The molecule has 0 saturated carbocycles. The first-order chi connectivity index (χ1) is 20.5. The zero-order valence-electron chi connectivity index (χ0n) is 23.1. The van der Waals surface area contributed by atoms with Crippen molar-refractivity contribution in [1.82, 2.24) is 14.5 Å². The molecule has 3 aromatic carbocycles. The standard InChI is InChI=1S/C32H31N3O7/c1-39-23-12-8-21(9-13-23)32(20-6-4-3-5-7-20,22-10-14-24(40-2)15-11-22)41-18-26-28(36)29(37)31(42-26)35-19-34-27-25(35)16-17-33-30(27)38/h3-17,19,26,28-29,31,36-37H,18H2,1-2H3,(H,33,38)/t26-,28-,29-,31-/m1/s1. The number of hydrogen-bond acceptors (Lipinski definition) is 8. The van der Waals surface area contributed by atoms with Crippen molar-refractivity contribution in [2.24, 2.45) is 0 Å². The molecule has 10 heteroatoms. The number of aliphatic hydroxyl groups is 2. The Bertz CT molecular complexity index is 1650. The van der Waals surface area contributed by atoms with Crippen LogP contribution in [-0.4, -0.2) is 63.9 Å². The molecule has 0 aliphatic carbocycles. The predicted molar refractivity (Wildman–Crippen MR) is 155 cm³/mol. The predicted octanol–water partition coefficient (Wildman–Crippen LogP) is 3.37. The summed E-state index contributed by atoms with van der Waals surface area (Å²) in [6.45, 7) is -0.0745. The van der Waals surface area contributed by atoms with Crippen molar-refractivity contribution in [3.63, 3.8) is 0 Å². The summed E-state index contributed by atoms with van der Waals surface area (Å²) in [5.41, 5.74) is 1.71. The fourth-order valence-electron chi connectivity index (χ4n) is 5.56. The van der Waals surface area contributed by atoms with Gasteiger partial charge in [-0.05, 0) is 47.0 Å². The molecule has 0 unspecified atom stereocenters. The molecule has 1 aliphatic heterocycles. The van der Waals surface area contributed by atoms with E-state index in [0.717, 1.165) is 16.7 Å². The number of imidazole rings is 1. The monoisotopic (exact) mass is 569 g/mol. The first kappa shape index (κ1) is 27.7. The van der Waals surface area contributed by atoms with E-state index < -0.39 is 30.1 Å². The zero-order valence-corrected chi connectivity index (χ0v) is 23.1. The van der Waals surface area contributed by atoms with Crippen LogP contribution in [0.25, 0.3) is 11.0 Å². The number of pyridine rings is 1. The Labute approximate surface area is 241 Å². The molecule has 3 heterocycles. The molecule has 0 bridgehead atoms. The van der Waals surface area contributed by atoms with Crippen molar-refractivity contribution in [2.75, 3.05) is 20.8 Å². The van der Waals surface area contributed by atoms with Gasteiger partial charge in [0.25, 0.3) is 5.56 Å². The molecular formula is C32H31N3O7. The highest BCUT2D eigenvalue weighted by Gasteiger charge is 2.46. The zero-order chi connectivity index (χ0) is 29.3. The summed E-state index contributed by atoms with van der Waals surface area (Å²) in [4.78, 5) is 19.0. The van der Waals surface area contributed by atoms with Crippen molar-refractivity contribution in [1.29, 1.82) is 0 Å². The van der Waals surface area contributed by atoms with Gasteiger partial charge in [0.15, 0.2) is 11.7 Å². The van der Waals surface area contributed by atoms with Crippen LogP contribution < -0.4 is 15.0 Å². The van der Waals surface area contributed by atoms with E-state index in [9.17, 15) is 15.0 Å². The number of H-pyrrole nitrogens is 1. The lowest BCUT2D eigenvalue weighted by atomic mass is 9.80. The topological polar surface area (TPSA) is 128 Å². The van der Waals surface area contributed by atoms with Gasteiger partial charge in [0.05, 0.1) is 32.7 Å². The summed E-state index contributed by atoms with van der Waals surface area (Å²) in [5, 5.41) is 22.1. The molecule has 1 fully saturated rings. The third kappa shape index (κ3) is 4.74. The number of aromatic amines is 1. The summed E-state index contributed by atoms with van der Waals surface area (Å²) < 4.78 is 25.4. The minimum atomic E-state index is -1.29. The Balaban J connectivity index is 1.39. The lowest BCUT2D eigenvalue weighted by Gasteiger charge is -2.37. The number of ether oxygens (including phenoxy) is 4. The van der Waals surface area contributed by atoms with E-state index in [0.29, 0.717) is 17.0 Å². The third-order valence-corrected chi connectivity index (χ3v) is 7.75. The van der Waals surface area contributed by atoms with Crippen molar-refractivity contribution >= 4 is 11.0 Å². The summed E-state index contributed by atoms with van der Waals surface area (Å²) in [7, 11) is 3.22. The number of fused-ring (bicyclic) bond motifs is 1. The minimum absolute atomic E-state index is 0.0745. The number of nitrogens with zero attached hydrogens (tertiary/aromatic N) is 2. The summed E-state index contributed by atoms with van der Waals surface area (Å²) in [5.74, 6) is 1.39. The Morgan fingerprint density at radius 3 is 2.05 bits per heavy atom. The van der Waals surface area contributed by atoms with E-state index in [2.05, 4.69) is 9.97 Å². The van der Waals surface area contributed by atoms with Crippen LogP contribution in [0.4, 0.5) is 0 Å². The molecule has 3 N–H and O–H groups in total. The molecule has 1 saturated heterocycles. The normalized spacial score (nSPS) is 20.6. The molecule has 0 spiro atoms. The van der Waals surface area contributed by atoms with E-state index in [4.69, 9.17) is 18.9 Å². The van der Waals surface area contributed by atoms with Crippen LogP contribution in [0.5, 0.6) is 11.5 Å². The lowest BCUT2D eigenvalue weighted by molar-refractivity contribution is -0.0941. The second-order valence-corrected chi connectivity index (χ2v) is 10.1. The van der Waals surface area contributed by atoms with E-state index in [1.807, 2.05) is 78.9 Å². The van der Waals surface area contributed by atoms with Crippen LogP contribution in [0.15, 0.2) is 102 Å². The average Bonchev–Trinajstić information content (AvgIpc) is 3.59. The molecule has 6 rings (SSSR count). The maximum absolute atomic E-state index is 12.2. The first-order valence-electron chi connectivity index (χ1n) is 13.5. The SMILES string of the molecule is COc1ccc(C(OC[C@H]2O[C@@H](n3cnc4c(=O)[nH]ccc43)[C@H](O)[C@@H]2O)(c2ccccc2)c2ccc(OC)cc2)cc1. The molecule has 0 amide bonds. The van der Waals surface area contributed by atoms with Crippen LogP contribution in [-0.2, 0) is 15.1 Å². The minimum Gasteiger partial charge on any atom is -0.497 e. The van der Waals surface area contributed by atoms with Crippen LogP contribution in [0, 0.1) is 0 Å². The van der Waals surface area contributed by atoms with Crippen molar-refractivity contribution in [2.45, 2.75) is 30.1 Å². The van der Waals surface area contributed by atoms with Gasteiger partial charge in [0.2, 0.25) is 0 Å².